The predicted octanol–water partition coefficient (Wildman–Crippen LogP) is 2.29. The highest BCUT2D eigenvalue weighted by atomic mass is 79.9. The second-order valence-electron chi connectivity index (χ2n) is 2.90. The standard InChI is InChI=1S/C8H9BrN4S/c1-5(7-3-11-4-14-7)13-8(10)6(9)2-12-13/h2-5H,10H2,1H3. The normalized spacial score (nSPS) is 13.0. The average molecular weight is 273 g/mol. The van der Waals surface area contributed by atoms with E-state index < -0.39 is 0 Å². The van der Waals surface area contributed by atoms with Gasteiger partial charge in [-0.15, -0.1) is 11.3 Å². The van der Waals surface area contributed by atoms with Gasteiger partial charge in [-0.1, -0.05) is 0 Å². The Morgan fingerprint density at radius 2 is 2.36 bits per heavy atom. The van der Waals surface area contributed by atoms with E-state index in [9.17, 15) is 0 Å². The third kappa shape index (κ3) is 1.55. The molecular weight excluding hydrogens is 264 g/mol. The Morgan fingerprint density at radius 3 is 2.86 bits per heavy atom. The van der Waals surface area contributed by atoms with Crippen molar-refractivity contribution in [3.63, 3.8) is 0 Å². The second kappa shape index (κ2) is 3.70. The Kier molecular flexibility index (Phi) is 2.56. The molecule has 14 heavy (non-hydrogen) atoms. The molecule has 0 saturated heterocycles. The molecule has 0 aliphatic heterocycles. The van der Waals surface area contributed by atoms with Gasteiger partial charge in [-0.3, -0.25) is 4.98 Å². The molecule has 0 saturated carbocycles. The fourth-order valence-corrected chi connectivity index (χ4v) is 2.15. The van der Waals surface area contributed by atoms with Gasteiger partial charge in [-0.2, -0.15) is 5.10 Å². The summed E-state index contributed by atoms with van der Waals surface area (Å²) < 4.78 is 2.60. The molecule has 0 spiro atoms. The third-order valence-electron chi connectivity index (χ3n) is 2.02. The van der Waals surface area contributed by atoms with Gasteiger partial charge in [0.05, 0.1) is 22.2 Å². The summed E-state index contributed by atoms with van der Waals surface area (Å²) in [6, 6.07) is 0.133. The van der Waals surface area contributed by atoms with Gasteiger partial charge in [0.25, 0.3) is 0 Å². The van der Waals surface area contributed by atoms with E-state index in [4.69, 9.17) is 5.73 Å². The van der Waals surface area contributed by atoms with E-state index in [1.165, 1.54) is 0 Å². The van der Waals surface area contributed by atoms with Crippen molar-refractivity contribution in [3.05, 3.63) is 27.3 Å². The Balaban J connectivity index is 2.36. The Labute approximate surface area is 93.9 Å². The van der Waals surface area contributed by atoms with Crippen molar-refractivity contribution < 1.29 is 0 Å². The first-order valence-corrected chi connectivity index (χ1v) is 5.74. The first kappa shape index (κ1) is 9.67. The van der Waals surface area contributed by atoms with Crippen LogP contribution >= 0.6 is 27.3 Å². The highest BCUT2D eigenvalue weighted by Gasteiger charge is 2.14. The van der Waals surface area contributed by atoms with Crippen LogP contribution in [0.25, 0.3) is 0 Å². The van der Waals surface area contributed by atoms with Gasteiger partial charge in [-0.05, 0) is 22.9 Å². The van der Waals surface area contributed by atoms with Crippen LogP contribution in [0.1, 0.15) is 17.8 Å². The first-order chi connectivity index (χ1) is 6.70. The summed E-state index contributed by atoms with van der Waals surface area (Å²) in [5, 5.41) is 4.19. The van der Waals surface area contributed by atoms with Crippen LogP contribution in [-0.2, 0) is 0 Å². The Hall–Kier alpha value is -0.880. The van der Waals surface area contributed by atoms with E-state index in [2.05, 4.69) is 26.0 Å². The Bertz CT molecular complexity index is 422. The highest BCUT2D eigenvalue weighted by molar-refractivity contribution is 9.10. The first-order valence-electron chi connectivity index (χ1n) is 4.07. The third-order valence-corrected chi connectivity index (χ3v) is 3.57. The summed E-state index contributed by atoms with van der Waals surface area (Å²) in [7, 11) is 0. The molecule has 2 aromatic rings. The summed E-state index contributed by atoms with van der Waals surface area (Å²) in [5.41, 5.74) is 7.65. The number of rotatable bonds is 2. The van der Waals surface area contributed by atoms with Gasteiger partial charge < -0.3 is 5.73 Å². The van der Waals surface area contributed by atoms with Gasteiger partial charge in [0.1, 0.15) is 5.82 Å². The topological polar surface area (TPSA) is 56.7 Å². The van der Waals surface area contributed by atoms with Crippen molar-refractivity contribution in [1.82, 2.24) is 14.8 Å². The number of nitrogens with two attached hydrogens (primary N) is 1. The maximum Gasteiger partial charge on any atom is 0.136 e. The van der Waals surface area contributed by atoms with E-state index in [0.29, 0.717) is 5.82 Å². The molecule has 4 nitrogen and oxygen atoms in total. The molecule has 2 heterocycles. The largest absolute Gasteiger partial charge is 0.383 e. The second-order valence-corrected chi connectivity index (χ2v) is 4.67. The average Bonchev–Trinajstić information content (AvgIpc) is 2.77. The summed E-state index contributed by atoms with van der Waals surface area (Å²) in [5.74, 6) is 0.644. The van der Waals surface area contributed by atoms with Gasteiger partial charge >= 0.3 is 0 Å². The fourth-order valence-electron chi connectivity index (χ4n) is 1.21. The molecule has 2 N–H and O–H groups in total. The number of hydrogen-bond donors (Lipinski definition) is 1. The molecule has 0 radical (unpaired) electrons. The van der Waals surface area contributed by atoms with E-state index in [1.807, 2.05) is 13.1 Å². The number of halogens is 1. The van der Waals surface area contributed by atoms with Crippen LogP contribution in [0.4, 0.5) is 5.82 Å². The number of hydrogen-bond acceptors (Lipinski definition) is 4. The molecule has 0 bridgehead atoms. The van der Waals surface area contributed by atoms with Gasteiger partial charge in [0.2, 0.25) is 0 Å². The number of thiazole rings is 1. The molecule has 1 atom stereocenters. The molecule has 2 rings (SSSR count). The monoisotopic (exact) mass is 272 g/mol. The summed E-state index contributed by atoms with van der Waals surface area (Å²) in [4.78, 5) is 5.18. The number of nitrogens with zero attached hydrogens (tertiary/aromatic N) is 3. The van der Waals surface area contributed by atoms with E-state index >= 15 is 0 Å². The van der Waals surface area contributed by atoms with Crippen molar-refractivity contribution in [2.24, 2.45) is 0 Å². The summed E-state index contributed by atoms with van der Waals surface area (Å²) in [6.07, 6.45) is 3.54. The molecule has 2 aromatic heterocycles. The molecule has 74 valence electrons. The quantitative estimate of drug-likeness (QED) is 0.913. The van der Waals surface area contributed by atoms with Crippen molar-refractivity contribution >= 4 is 33.1 Å². The van der Waals surface area contributed by atoms with Crippen LogP contribution in [0.15, 0.2) is 22.4 Å². The van der Waals surface area contributed by atoms with Crippen molar-refractivity contribution in [1.29, 1.82) is 0 Å². The lowest BCUT2D eigenvalue weighted by Crippen LogP contribution is -2.10. The highest BCUT2D eigenvalue weighted by Crippen LogP contribution is 2.27. The lowest BCUT2D eigenvalue weighted by Gasteiger charge is -2.11. The van der Waals surface area contributed by atoms with Crippen molar-refractivity contribution in [2.45, 2.75) is 13.0 Å². The molecule has 0 amide bonds. The SMILES string of the molecule is CC(c1cncs1)n1ncc(Br)c1N. The molecule has 0 aliphatic rings. The minimum Gasteiger partial charge on any atom is -0.383 e. The van der Waals surface area contributed by atoms with E-state index in [1.54, 1.807) is 27.7 Å². The fraction of sp³-hybridized carbons (Fsp3) is 0.250. The summed E-state index contributed by atoms with van der Waals surface area (Å²) in [6.45, 7) is 2.04. The van der Waals surface area contributed by atoms with Crippen LogP contribution in [0.3, 0.4) is 0 Å². The molecule has 0 fully saturated rings. The Morgan fingerprint density at radius 1 is 1.57 bits per heavy atom. The summed E-state index contributed by atoms with van der Waals surface area (Å²) >= 11 is 4.93. The molecule has 0 aliphatic carbocycles. The zero-order chi connectivity index (χ0) is 10.1. The molecule has 0 aromatic carbocycles. The lowest BCUT2D eigenvalue weighted by atomic mass is 10.3. The van der Waals surface area contributed by atoms with Gasteiger partial charge in [0, 0.05) is 11.1 Å². The maximum absolute atomic E-state index is 5.85. The zero-order valence-corrected chi connectivity index (χ0v) is 9.92. The zero-order valence-electron chi connectivity index (χ0n) is 7.51. The number of nitrogen functional groups attached to an aromatic ring is 1. The predicted molar refractivity (Wildman–Crippen MR) is 60.3 cm³/mol. The van der Waals surface area contributed by atoms with Crippen molar-refractivity contribution in [2.75, 3.05) is 5.73 Å². The van der Waals surface area contributed by atoms with Crippen LogP contribution in [-0.4, -0.2) is 14.8 Å². The van der Waals surface area contributed by atoms with Gasteiger partial charge in [0.15, 0.2) is 0 Å². The van der Waals surface area contributed by atoms with Crippen LogP contribution < -0.4 is 5.73 Å². The van der Waals surface area contributed by atoms with E-state index in [-0.39, 0.29) is 6.04 Å². The molecule has 1 unspecified atom stereocenters. The minimum absolute atomic E-state index is 0.133. The van der Waals surface area contributed by atoms with Crippen LogP contribution in [0.2, 0.25) is 0 Å². The van der Waals surface area contributed by atoms with Crippen molar-refractivity contribution in [3.8, 4) is 0 Å². The smallest absolute Gasteiger partial charge is 0.136 e. The van der Waals surface area contributed by atoms with Gasteiger partial charge in [-0.25, -0.2) is 4.68 Å². The van der Waals surface area contributed by atoms with Crippen LogP contribution in [0, 0.1) is 0 Å². The number of anilines is 1. The van der Waals surface area contributed by atoms with Crippen LogP contribution in [0.5, 0.6) is 0 Å². The minimum atomic E-state index is 0.133. The lowest BCUT2D eigenvalue weighted by molar-refractivity contribution is 0.580. The van der Waals surface area contributed by atoms with E-state index in [0.717, 1.165) is 9.35 Å². The maximum atomic E-state index is 5.85. The molecule has 6 heteroatoms. The number of aromatic nitrogens is 3. The molecular formula is C8H9BrN4S.